The number of primary amides is 1. The van der Waals surface area contributed by atoms with Crippen LogP contribution < -0.4 is 11.1 Å². The van der Waals surface area contributed by atoms with Crippen LogP contribution in [0.2, 0.25) is 5.02 Å². The number of hydrogen-bond acceptors (Lipinski definition) is 3. The predicted molar refractivity (Wildman–Crippen MR) is 92.3 cm³/mol. The molecule has 2 heterocycles. The Hall–Kier alpha value is -2.80. The first-order valence-electron chi connectivity index (χ1n) is 7.20. The molecule has 3 rings (SSSR count). The van der Waals surface area contributed by atoms with E-state index in [1.54, 1.807) is 37.7 Å². The fourth-order valence-corrected chi connectivity index (χ4v) is 3.03. The van der Waals surface area contributed by atoms with Crippen molar-refractivity contribution in [1.82, 2.24) is 14.3 Å². The molecule has 3 aromatic rings. The third-order valence-corrected chi connectivity index (χ3v) is 4.29. The third kappa shape index (κ3) is 2.43. The number of carbonyl (C=O) groups is 2. The zero-order valence-electron chi connectivity index (χ0n) is 13.4. The number of carbonyl (C=O) groups excluding carboxylic acids is 2. The van der Waals surface area contributed by atoms with Crippen LogP contribution in [0.4, 0.5) is 5.69 Å². The molecule has 8 heteroatoms. The summed E-state index contributed by atoms with van der Waals surface area (Å²) in [6, 6.07) is 7.18. The minimum Gasteiger partial charge on any atom is -0.364 e. The second kappa shape index (κ2) is 5.68. The number of aryl methyl sites for hydroxylation is 3. The van der Waals surface area contributed by atoms with Crippen molar-refractivity contribution in [2.45, 2.75) is 6.92 Å². The molecule has 0 aliphatic rings. The summed E-state index contributed by atoms with van der Waals surface area (Å²) >= 11 is 6.18. The van der Waals surface area contributed by atoms with E-state index in [1.165, 1.54) is 4.68 Å². The van der Waals surface area contributed by atoms with Gasteiger partial charge in [0.05, 0.1) is 11.4 Å². The highest BCUT2D eigenvalue weighted by Crippen LogP contribution is 2.27. The Balaban J connectivity index is 2.05. The van der Waals surface area contributed by atoms with E-state index in [-0.39, 0.29) is 11.6 Å². The highest BCUT2D eigenvalue weighted by atomic mass is 35.5. The third-order valence-electron chi connectivity index (χ3n) is 3.96. The number of aromatic nitrogens is 3. The normalized spacial score (nSPS) is 11.0. The van der Waals surface area contributed by atoms with E-state index in [4.69, 9.17) is 17.3 Å². The Morgan fingerprint density at radius 2 is 2.00 bits per heavy atom. The molecule has 0 saturated heterocycles. The molecular weight excluding hydrogens is 330 g/mol. The largest absolute Gasteiger partial charge is 0.364 e. The zero-order valence-corrected chi connectivity index (χ0v) is 14.2. The van der Waals surface area contributed by atoms with E-state index in [1.807, 2.05) is 12.1 Å². The molecule has 0 spiro atoms. The molecule has 0 fully saturated rings. The predicted octanol–water partition coefficient (Wildman–Crippen LogP) is 2.22. The van der Waals surface area contributed by atoms with Crippen LogP contribution >= 0.6 is 11.6 Å². The van der Waals surface area contributed by atoms with Gasteiger partial charge in [-0.05, 0) is 25.1 Å². The molecule has 0 saturated carbocycles. The van der Waals surface area contributed by atoms with Crippen molar-refractivity contribution >= 4 is 40.0 Å². The molecule has 0 bridgehead atoms. The van der Waals surface area contributed by atoms with Gasteiger partial charge >= 0.3 is 0 Å². The minimum absolute atomic E-state index is 0.151. The van der Waals surface area contributed by atoms with Crippen LogP contribution in [0.5, 0.6) is 0 Å². The number of benzene rings is 1. The Kier molecular flexibility index (Phi) is 3.81. The van der Waals surface area contributed by atoms with Gasteiger partial charge in [-0.3, -0.25) is 14.3 Å². The first-order chi connectivity index (χ1) is 11.3. The lowest BCUT2D eigenvalue weighted by molar-refractivity contribution is 0.0992. The van der Waals surface area contributed by atoms with Gasteiger partial charge in [-0.15, -0.1) is 0 Å². The van der Waals surface area contributed by atoms with Crippen molar-refractivity contribution < 1.29 is 9.59 Å². The molecule has 7 nitrogen and oxygen atoms in total. The van der Waals surface area contributed by atoms with Crippen LogP contribution in [0.1, 0.15) is 26.7 Å². The van der Waals surface area contributed by atoms with Gasteiger partial charge in [0.1, 0.15) is 11.4 Å². The van der Waals surface area contributed by atoms with Crippen LogP contribution in [0.25, 0.3) is 10.9 Å². The van der Waals surface area contributed by atoms with Crippen molar-refractivity contribution in [3.05, 3.63) is 46.4 Å². The van der Waals surface area contributed by atoms with Crippen molar-refractivity contribution in [2.24, 2.45) is 19.8 Å². The topological polar surface area (TPSA) is 94.9 Å². The molecule has 2 amide bonds. The van der Waals surface area contributed by atoms with E-state index in [0.29, 0.717) is 22.1 Å². The smallest absolute Gasteiger partial charge is 0.272 e. The van der Waals surface area contributed by atoms with Crippen LogP contribution in [0, 0.1) is 6.92 Å². The van der Waals surface area contributed by atoms with Crippen LogP contribution in [-0.2, 0) is 14.1 Å². The van der Waals surface area contributed by atoms with Crippen molar-refractivity contribution in [2.75, 3.05) is 5.32 Å². The summed E-state index contributed by atoms with van der Waals surface area (Å²) in [4.78, 5) is 24.3. The number of nitrogens with one attached hydrogen (secondary N) is 1. The van der Waals surface area contributed by atoms with Gasteiger partial charge in [0.25, 0.3) is 11.8 Å². The van der Waals surface area contributed by atoms with Gasteiger partial charge < -0.3 is 15.6 Å². The van der Waals surface area contributed by atoms with Crippen molar-refractivity contribution in [3.8, 4) is 0 Å². The Labute approximate surface area is 143 Å². The first-order valence-corrected chi connectivity index (χ1v) is 7.57. The van der Waals surface area contributed by atoms with Gasteiger partial charge in [-0.1, -0.05) is 17.7 Å². The van der Waals surface area contributed by atoms with Crippen LogP contribution in [-0.4, -0.2) is 26.2 Å². The van der Waals surface area contributed by atoms with Gasteiger partial charge in [0, 0.05) is 30.0 Å². The van der Waals surface area contributed by atoms with Crippen molar-refractivity contribution in [3.63, 3.8) is 0 Å². The number of hydrogen-bond donors (Lipinski definition) is 2. The maximum absolute atomic E-state index is 12.7. The molecule has 24 heavy (non-hydrogen) atoms. The summed E-state index contributed by atoms with van der Waals surface area (Å²) < 4.78 is 3.10. The number of nitrogens with two attached hydrogens (primary N) is 1. The number of halogens is 1. The second-order valence-corrected chi connectivity index (χ2v) is 5.92. The Morgan fingerprint density at radius 1 is 1.29 bits per heavy atom. The first kappa shape index (κ1) is 16.1. The number of amides is 2. The molecule has 124 valence electrons. The quantitative estimate of drug-likeness (QED) is 0.762. The molecule has 2 aromatic heterocycles. The number of nitrogens with zero attached hydrogens (tertiary/aromatic N) is 3. The van der Waals surface area contributed by atoms with Gasteiger partial charge in [0.15, 0.2) is 0 Å². The maximum atomic E-state index is 12.7. The Bertz CT molecular complexity index is 986. The molecule has 1 aromatic carbocycles. The molecule has 0 aliphatic carbocycles. The summed E-state index contributed by atoms with van der Waals surface area (Å²) in [6.07, 6.45) is 0. The monoisotopic (exact) mass is 345 g/mol. The summed E-state index contributed by atoms with van der Waals surface area (Å²) in [7, 11) is 3.37. The average molecular weight is 346 g/mol. The Morgan fingerprint density at radius 3 is 2.62 bits per heavy atom. The van der Waals surface area contributed by atoms with Gasteiger partial charge in [0.2, 0.25) is 0 Å². The van der Waals surface area contributed by atoms with E-state index < -0.39 is 5.91 Å². The SMILES string of the molecule is Cc1nn(C)c(C(N)=O)c1NC(=O)c1cc2c(Cl)cccc2n1C. The zero-order chi connectivity index (χ0) is 17.6. The fraction of sp³-hybridized carbons (Fsp3) is 0.188. The van der Waals surface area contributed by atoms with Crippen molar-refractivity contribution in [1.29, 1.82) is 0 Å². The summed E-state index contributed by atoms with van der Waals surface area (Å²) in [5, 5.41) is 8.21. The molecule has 3 N–H and O–H groups in total. The maximum Gasteiger partial charge on any atom is 0.272 e. The average Bonchev–Trinajstić information content (AvgIpc) is 2.98. The van der Waals surface area contributed by atoms with Crippen LogP contribution in [0.15, 0.2) is 24.3 Å². The highest BCUT2D eigenvalue weighted by Gasteiger charge is 2.22. The lowest BCUT2D eigenvalue weighted by Gasteiger charge is -2.07. The van der Waals surface area contributed by atoms with E-state index in [9.17, 15) is 9.59 Å². The summed E-state index contributed by atoms with van der Waals surface area (Å²) in [5.74, 6) is -1.03. The molecular formula is C16H16ClN5O2. The van der Waals surface area contributed by atoms with Crippen LogP contribution in [0.3, 0.4) is 0 Å². The highest BCUT2D eigenvalue weighted by molar-refractivity contribution is 6.35. The minimum atomic E-state index is -0.659. The van der Waals surface area contributed by atoms with E-state index in [0.717, 1.165) is 10.9 Å². The second-order valence-electron chi connectivity index (χ2n) is 5.51. The summed E-state index contributed by atoms with van der Waals surface area (Å²) in [5.41, 5.74) is 7.61. The molecule has 0 atom stereocenters. The molecule has 0 aliphatic heterocycles. The molecule has 0 unspecified atom stereocenters. The number of fused-ring (bicyclic) bond motifs is 1. The lowest BCUT2D eigenvalue weighted by atomic mass is 10.2. The number of rotatable bonds is 3. The molecule has 0 radical (unpaired) electrons. The van der Waals surface area contributed by atoms with E-state index >= 15 is 0 Å². The summed E-state index contributed by atoms with van der Waals surface area (Å²) in [6.45, 7) is 1.69. The van der Waals surface area contributed by atoms with Gasteiger partial charge in [-0.2, -0.15) is 5.10 Å². The number of anilines is 1. The standard InChI is InChI=1S/C16H16ClN5O2/c1-8-13(14(15(18)23)22(3)20-8)19-16(24)12-7-9-10(17)5-4-6-11(9)21(12)2/h4-7H,1-3H3,(H2,18,23)(H,19,24). The fourth-order valence-electron chi connectivity index (χ4n) is 2.81. The lowest BCUT2D eigenvalue weighted by Crippen LogP contribution is -2.21. The van der Waals surface area contributed by atoms with E-state index in [2.05, 4.69) is 10.4 Å². The van der Waals surface area contributed by atoms with Gasteiger partial charge in [-0.25, -0.2) is 0 Å².